The van der Waals surface area contributed by atoms with Gasteiger partial charge in [-0.25, -0.2) is 18.4 Å². The fourth-order valence-corrected chi connectivity index (χ4v) is 1.44. The lowest BCUT2D eigenvalue weighted by molar-refractivity contribution is -0.154. The van der Waals surface area contributed by atoms with Crippen LogP contribution in [-0.4, -0.2) is 17.7 Å². The van der Waals surface area contributed by atoms with Gasteiger partial charge in [-0.15, -0.1) is 0 Å². The van der Waals surface area contributed by atoms with Gasteiger partial charge in [0.25, 0.3) is 0 Å². The minimum atomic E-state index is -1.25. The molecule has 6 nitrogen and oxygen atoms in total. The molecule has 0 atom stereocenters. The first-order chi connectivity index (χ1) is 10.7. The highest BCUT2D eigenvalue weighted by atomic mass is 19.1. The van der Waals surface area contributed by atoms with Crippen molar-refractivity contribution in [1.29, 1.82) is 0 Å². The van der Waals surface area contributed by atoms with Crippen LogP contribution < -0.4 is 10.8 Å². The minimum Gasteiger partial charge on any atom is -0.441 e. The Hall–Kier alpha value is -2.38. The van der Waals surface area contributed by atoms with Crippen molar-refractivity contribution in [2.24, 2.45) is 5.41 Å². The Morgan fingerprint density at radius 1 is 1.08 bits per heavy atom. The second kappa shape index (κ2) is 6.62. The lowest BCUT2D eigenvalue weighted by Gasteiger charge is -2.28. The molecule has 0 heterocycles. The summed E-state index contributed by atoms with van der Waals surface area (Å²) >= 11 is 0. The normalized spacial score (nSPS) is 11.8. The van der Waals surface area contributed by atoms with E-state index in [-0.39, 0.29) is 5.06 Å². The lowest BCUT2D eigenvalue weighted by Crippen LogP contribution is -2.42. The first-order valence-electron chi connectivity index (χ1n) is 7.23. The maximum Gasteiger partial charge on any atom is 0.448 e. The van der Waals surface area contributed by atoms with Crippen LogP contribution in [0.3, 0.4) is 0 Å². The molecule has 0 unspecified atom stereocenters. The van der Waals surface area contributed by atoms with E-state index >= 15 is 0 Å². The van der Waals surface area contributed by atoms with Crippen LogP contribution in [0.4, 0.5) is 25.0 Å². The summed E-state index contributed by atoms with van der Waals surface area (Å²) in [5.74, 6) is -3.24. The Balaban J connectivity index is 3.37. The summed E-state index contributed by atoms with van der Waals surface area (Å²) < 4.78 is 33.4. The Morgan fingerprint density at radius 3 is 2.08 bits per heavy atom. The van der Waals surface area contributed by atoms with Crippen LogP contribution in [0.5, 0.6) is 0 Å². The van der Waals surface area contributed by atoms with E-state index in [2.05, 4.69) is 0 Å². The Morgan fingerprint density at radius 2 is 1.62 bits per heavy atom. The van der Waals surface area contributed by atoms with Gasteiger partial charge in [0.05, 0.1) is 11.1 Å². The average molecular weight is 344 g/mol. The van der Waals surface area contributed by atoms with Gasteiger partial charge in [-0.05, 0) is 53.7 Å². The van der Waals surface area contributed by atoms with E-state index in [1.54, 1.807) is 20.8 Å². The fourth-order valence-electron chi connectivity index (χ4n) is 1.44. The summed E-state index contributed by atoms with van der Waals surface area (Å²) in [4.78, 5) is 29.3. The molecular formula is C16H22F2N2O4. The zero-order valence-corrected chi connectivity index (χ0v) is 14.6. The molecule has 0 spiro atoms. The third kappa shape index (κ3) is 4.81. The smallest absolute Gasteiger partial charge is 0.441 e. The van der Waals surface area contributed by atoms with Crippen LogP contribution >= 0.6 is 0 Å². The fraction of sp³-hybridized carbons (Fsp3) is 0.500. The van der Waals surface area contributed by atoms with E-state index in [4.69, 9.17) is 15.3 Å². The first-order valence-corrected chi connectivity index (χ1v) is 7.23. The van der Waals surface area contributed by atoms with Gasteiger partial charge < -0.3 is 15.3 Å². The molecule has 0 saturated heterocycles. The van der Waals surface area contributed by atoms with E-state index in [1.165, 1.54) is 20.8 Å². The Labute approximate surface area is 139 Å². The molecule has 1 amide bonds. The molecule has 0 saturated carbocycles. The molecule has 0 aliphatic rings. The Bertz CT molecular complexity index is 649. The number of rotatable bonds is 1. The minimum absolute atomic E-state index is 0.153. The number of carbonyl (C=O) groups is 2. The van der Waals surface area contributed by atoms with Crippen molar-refractivity contribution in [3.63, 3.8) is 0 Å². The molecule has 2 N–H and O–H groups in total. The van der Waals surface area contributed by atoms with Gasteiger partial charge in [0.2, 0.25) is 0 Å². The molecule has 1 rings (SSSR count). The average Bonchev–Trinajstić information content (AvgIpc) is 2.39. The number of hydrogen-bond donors (Lipinski definition) is 1. The van der Waals surface area contributed by atoms with Gasteiger partial charge in [0.1, 0.15) is 5.60 Å². The summed E-state index contributed by atoms with van der Waals surface area (Å²) in [6, 6.07) is 1.85. The highest BCUT2D eigenvalue weighted by Gasteiger charge is 2.35. The maximum absolute atomic E-state index is 14.2. The Kier molecular flexibility index (Phi) is 5.43. The monoisotopic (exact) mass is 344 g/mol. The molecule has 0 radical (unpaired) electrons. The van der Waals surface area contributed by atoms with Crippen LogP contribution in [0.2, 0.25) is 0 Å². The molecule has 0 aliphatic heterocycles. The lowest BCUT2D eigenvalue weighted by atomic mass is 9.98. The quantitative estimate of drug-likeness (QED) is 0.619. The molecule has 1 aromatic rings. The maximum atomic E-state index is 14.2. The summed E-state index contributed by atoms with van der Waals surface area (Å²) in [7, 11) is 0. The molecule has 0 aliphatic carbocycles. The van der Waals surface area contributed by atoms with Gasteiger partial charge in [-0.1, -0.05) is 5.06 Å². The zero-order chi connectivity index (χ0) is 18.9. The third-order valence-electron chi connectivity index (χ3n) is 2.65. The third-order valence-corrected chi connectivity index (χ3v) is 2.65. The summed E-state index contributed by atoms with van der Waals surface area (Å²) in [6.07, 6.45) is -1.25. The predicted molar refractivity (Wildman–Crippen MR) is 85.0 cm³/mol. The van der Waals surface area contributed by atoms with Crippen molar-refractivity contribution in [3.05, 3.63) is 23.8 Å². The number of halogens is 2. The number of ether oxygens (including phenoxy) is 1. The SMILES string of the molecule is CC(C)(C)OC(=O)N(OC(=O)C(C)(C)C)c1c(F)ccc(N)c1F. The molecule has 1 aromatic carbocycles. The van der Waals surface area contributed by atoms with Crippen LogP contribution in [0.25, 0.3) is 0 Å². The number of anilines is 2. The molecule has 8 heteroatoms. The predicted octanol–water partition coefficient (Wildman–Crippen LogP) is 3.79. The van der Waals surface area contributed by atoms with Crippen molar-refractivity contribution >= 4 is 23.4 Å². The molecule has 0 aromatic heterocycles. The second-order valence-electron chi connectivity index (χ2n) is 7.20. The molecule has 0 bridgehead atoms. The van der Waals surface area contributed by atoms with Crippen molar-refractivity contribution in [2.75, 3.05) is 10.8 Å². The van der Waals surface area contributed by atoms with Crippen LogP contribution in [-0.2, 0) is 14.4 Å². The van der Waals surface area contributed by atoms with Crippen molar-refractivity contribution < 1.29 is 27.9 Å². The van der Waals surface area contributed by atoms with Gasteiger partial charge in [0, 0.05) is 0 Å². The van der Waals surface area contributed by atoms with E-state index in [0.717, 1.165) is 12.1 Å². The number of hydrogen-bond acceptors (Lipinski definition) is 5. The number of nitrogens with zero attached hydrogens (tertiary/aromatic N) is 1. The molecule has 24 heavy (non-hydrogen) atoms. The summed E-state index contributed by atoms with van der Waals surface area (Å²) in [5.41, 5.74) is 2.09. The summed E-state index contributed by atoms with van der Waals surface area (Å²) in [5, 5.41) is 0.153. The summed E-state index contributed by atoms with van der Waals surface area (Å²) in [6.45, 7) is 9.24. The number of hydroxylamine groups is 1. The highest BCUT2D eigenvalue weighted by Crippen LogP contribution is 2.30. The second-order valence-corrected chi connectivity index (χ2v) is 7.20. The van der Waals surface area contributed by atoms with Crippen molar-refractivity contribution in [1.82, 2.24) is 0 Å². The topological polar surface area (TPSA) is 81.9 Å². The highest BCUT2D eigenvalue weighted by molar-refractivity contribution is 5.90. The largest absolute Gasteiger partial charge is 0.448 e. The van der Waals surface area contributed by atoms with Crippen LogP contribution in [0.15, 0.2) is 12.1 Å². The van der Waals surface area contributed by atoms with E-state index in [1.807, 2.05) is 0 Å². The van der Waals surface area contributed by atoms with Gasteiger partial charge >= 0.3 is 12.1 Å². The van der Waals surface area contributed by atoms with E-state index < -0.39 is 46.1 Å². The number of benzene rings is 1. The van der Waals surface area contributed by atoms with Gasteiger partial charge in [0.15, 0.2) is 17.3 Å². The van der Waals surface area contributed by atoms with Crippen LogP contribution in [0, 0.1) is 17.0 Å². The van der Waals surface area contributed by atoms with Crippen molar-refractivity contribution in [2.45, 2.75) is 47.1 Å². The molecule has 134 valence electrons. The first kappa shape index (κ1) is 19.7. The van der Waals surface area contributed by atoms with Gasteiger partial charge in [-0.3, -0.25) is 0 Å². The number of nitrogens with two attached hydrogens (primary N) is 1. The van der Waals surface area contributed by atoms with Gasteiger partial charge in [-0.2, -0.15) is 0 Å². The number of nitrogen functional groups attached to an aromatic ring is 1. The molecular weight excluding hydrogens is 322 g/mol. The molecule has 0 fully saturated rings. The zero-order valence-electron chi connectivity index (χ0n) is 14.6. The standard InChI is InChI=1S/C16H22F2N2O4/c1-15(2,3)13(21)24-20(14(22)23-16(4,5)6)12-9(17)7-8-10(19)11(12)18/h7-8H,19H2,1-6H3. The number of amides is 1. The number of carbonyl (C=O) groups excluding carboxylic acids is 2. The van der Waals surface area contributed by atoms with E-state index in [9.17, 15) is 18.4 Å². The van der Waals surface area contributed by atoms with Crippen molar-refractivity contribution in [3.8, 4) is 0 Å². The van der Waals surface area contributed by atoms with Crippen LogP contribution in [0.1, 0.15) is 41.5 Å². The van der Waals surface area contributed by atoms with E-state index in [0.29, 0.717) is 0 Å².